The van der Waals surface area contributed by atoms with Crippen LogP contribution in [0.2, 0.25) is 0 Å². The molecule has 0 aliphatic rings. The van der Waals surface area contributed by atoms with Crippen LogP contribution < -0.4 is 10.2 Å². The van der Waals surface area contributed by atoms with Crippen LogP contribution in [-0.4, -0.2) is 14.1 Å². The summed E-state index contributed by atoms with van der Waals surface area (Å²) in [5.74, 6) is -0.219. The van der Waals surface area contributed by atoms with Crippen LogP contribution in [0.1, 0.15) is 5.56 Å². The van der Waals surface area contributed by atoms with Crippen molar-refractivity contribution in [3.05, 3.63) is 58.3 Å². The van der Waals surface area contributed by atoms with Gasteiger partial charge in [-0.2, -0.15) is 0 Å². The van der Waals surface area contributed by atoms with Crippen LogP contribution in [0.3, 0.4) is 0 Å². The molecule has 0 heterocycles. The van der Waals surface area contributed by atoms with E-state index >= 15 is 0 Å². The van der Waals surface area contributed by atoms with Gasteiger partial charge >= 0.3 is 0 Å². The van der Waals surface area contributed by atoms with Crippen molar-refractivity contribution < 1.29 is 4.39 Å². The van der Waals surface area contributed by atoms with E-state index < -0.39 is 0 Å². The Morgan fingerprint density at radius 2 is 1.89 bits per heavy atom. The summed E-state index contributed by atoms with van der Waals surface area (Å²) in [5, 5.41) is 3.13. The third-order valence-corrected chi connectivity index (χ3v) is 3.48. The van der Waals surface area contributed by atoms with Gasteiger partial charge in [0.1, 0.15) is 5.82 Å². The molecule has 2 nitrogen and oxygen atoms in total. The van der Waals surface area contributed by atoms with Crippen LogP contribution in [0.25, 0.3) is 0 Å². The van der Waals surface area contributed by atoms with Crippen LogP contribution in [-0.2, 0) is 6.54 Å². The van der Waals surface area contributed by atoms with Gasteiger partial charge < -0.3 is 10.2 Å². The zero-order valence-corrected chi connectivity index (χ0v) is 12.5. The van der Waals surface area contributed by atoms with Gasteiger partial charge in [-0.05, 0) is 42.9 Å². The van der Waals surface area contributed by atoms with Crippen LogP contribution >= 0.6 is 15.9 Å². The molecule has 0 aliphatic carbocycles. The Kier molecular flexibility index (Phi) is 4.56. The van der Waals surface area contributed by atoms with E-state index in [-0.39, 0.29) is 5.82 Å². The van der Waals surface area contributed by atoms with Crippen molar-refractivity contribution in [1.29, 1.82) is 0 Å². The highest BCUT2D eigenvalue weighted by molar-refractivity contribution is 9.10. The van der Waals surface area contributed by atoms with Crippen LogP contribution in [0.15, 0.2) is 46.9 Å². The Bertz CT molecular complexity index is 572. The van der Waals surface area contributed by atoms with E-state index in [2.05, 4.69) is 21.2 Å². The predicted octanol–water partition coefficient (Wildman–Crippen LogP) is 4.08. The molecule has 0 saturated heterocycles. The van der Waals surface area contributed by atoms with Crippen molar-refractivity contribution in [2.45, 2.75) is 6.54 Å². The average Bonchev–Trinajstić information content (AvgIpc) is 2.39. The second kappa shape index (κ2) is 6.17. The summed E-state index contributed by atoms with van der Waals surface area (Å²) in [7, 11) is 3.77. The summed E-state index contributed by atoms with van der Waals surface area (Å²) in [5.41, 5.74) is 2.67. The average molecular weight is 323 g/mol. The maximum absolute atomic E-state index is 13.9. The summed E-state index contributed by atoms with van der Waals surface area (Å²) in [4.78, 5) is 1.87. The number of halogens is 2. The molecule has 0 aromatic heterocycles. The molecule has 0 atom stereocenters. The zero-order valence-electron chi connectivity index (χ0n) is 11.0. The number of nitrogens with one attached hydrogen (secondary N) is 1. The van der Waals surface area contributed by atoms with Crippen molar-refractivity contribution >= 4 is 27.3 Å². The van der Waals surface area contributed by atoms with E-state index in [0.29, 0.717) is 5.69 Å². The molecule has 4 heteroatoms. The molecule has 1 N–H and O–H groups in total. The van der Waals surface area contributed by atoms with Crippen molar-refractivity contribution in [2.75, 3.05) is 19.0 Å². The molecule has 2 rings (SSSR count). The highest BCUT2D eigenvalue weighted by Gasteiger charge is 2.12. The van der Waals surface area contributed by atoms with Gasteiger partial charge in [-0.1, -0.05) is 28.1 Å². The molecule has 2 aromatic rings. The number of anilines is 2. The van der Waals surface area contributed by atoms with E-state index in [9.17, 15) is 4.39 Å². The van der Waals surface area contributed by atoms with Crippen molar-refractivity contribution in [1.82, 2.24) is 5.32 Å². The minimum absolute atomic E-state index is 0.219. The summed E-state index contributed by atoms with van der Waals surface area (Å²) in [6, 6.07) is 12.8. The van der Waals surface area contributed by atoms with Gasteiger partial charge in [-0.25, -0.2) is 4.39 Å². The lowest BCUT2D eigenvalue weighted by atomic mass is 10.1. The molecular weight excluding hydrogens is 307 g/mol. The maximum Gasteiger partial charge on any atom is 0.146 e. The minimum atomic E-state index is -0.219. The van der Waals surface area contributed by atoms with Crippen molar-refractivity contribution in [3.63, 3.8) is 0 Å². The molecule has 100 valence electrons. The quantitative estimate of drug-likeness (QED) is 0.912. The van der Waals surface area contributed by atoms with E-state index in [4.69, 9.17) is 0 Å². The molecule has 0 fully saturated rings. The van der Waals surface area contributed by atoms with Gasteiger partial charge in [-0.3, -0.25) is 0 Å². The molecule has 0 bridgehead atoms. The first-order valence-corrected chi connectivity index (χ1v) is 6.84. The molecule has 0 aliphatic heterocycles. The van der Waals surface area contributed by atoms with Crippen LogP contribution in [0, 0.1) is 5.82 Å². The first-order chi connectivity index (χ1) is 9.13. The van der Waals surface area contributed by atoms with E-state index in [1.165, 1.54) is 6.07 Å². The fourth-order valence-corrected chi connectivity index (χ4v) is 2.48. The fraction of sp³-hybridized carbons (Fsp3) is 0.200. The third-order valence-electron chi connectivity index (χ3n) is 2.98. The van der Waals surface area contributed by atoms with Gasteiger partial charge in [0.05, 0.1) is 5.69 Å². The summed E-state index contributed by atoms with van der Waals surface area (Å²) in [6.45, 7) is 0.730. The van der Waals surface area contributed by atoms with Gasteiger partial charge in [0.25, 0.3) is 0 Å². The first kappa shape index (κ1) is 14.0. The summed E-state index contributed by atoms with van der Waals surface area (Å²) < 4.78 is 14.9. The highest BCUT2D eigenvalue weighted by atomic mass is 79.9. The monoisotopic (exact) mass is 322 g/mol. The Morgan fingerprint density at radius 3 is 2.58 bits per heavy atom. The Labute approximate surface area is 121 Å². The normalized spacial score (nSPS) is 10.5. The number of para-hydroxylation sites is 1. The molecule has 0 unspecified atom stereocenters. The van der Waals surface area contributed by atoms with E-state index in [1.54, 1.807) is 12.1 Å². The second-order valence-corrected chi connectivity index (χ2v) is 5.23. The summed E-state index contributed by atoms with van der Waals surface area (Å²) >= 11 is 3.47. The van der Waals surface area contributed by atoms with E-state index in [0.717, 1.165) is 22.3 Å². The molecular formula is C15H16BrFN2. The van der Waals surface area contributed by atoms with Gasteiger partial charge in [-0.15, -0.1) is 0 Å². The number of benzene rings is 2. The van der Waals surface area contributed by atoms with Crippen molar-refractivity contribution in [3.8, 4) is 0 Å². The number of rotatable bonds is 4. The molecule has 0 radical (unpaired) electrons. The standard InChI is InChI=1S/C15H16BrFN2/c1-18-10-11-9-12(16)7-8-14(11)19(2)15-6-4-3-5-13(15)17/h3-9,18H,10H2,1-2H3. The highest BCUT2D eigenvalue weighted by Crippen LogP contribution is 2.30. The van der Waals surface area contributed by atoms with Gasteiger partial charge in [0.2, 0.25) is 0 Å². The van der Waals surface area contributed by atoms with Crippen molar-refractivity contribution in [2.24, 2.45) is 0 Å². The second-order valence-electron chi connectivity index (χ2n) is 4.31. The Hall–Kier alpha value is -1.39. The Balaban J connectivity index is 2.43. The topological polar surface area (TPSA) is 15.3 Å². The Morgan fingerprint density at radius 1 is 1.16 bits per heavy atom. The van der Waals surface area contributed by atoms with E-state index in [1.807, 2.05) is 43.3 Å². The summed E-state index contributed by atoms with van der Waals surface area (Å²) in [6.07, 6.45) is 0. The zero-order chi connectivity index (χ0) is 13.8. The maximum atomic E-state index is 13.9. The first-order valence-electron chi connectivity index (χ1n) is 6.04. The van der Waals surface area contributed by atoms with Gasteiger partial charge in [0.15, 0.2) is 0 Å². The number of hydrogen-bond acceptors (Lipinski definition) is 2. The lowest BCUT2D eigenvalue weighted by Gasteiger charge is -2.23. The third kappa shape index (κ3) is 3.14. The molecule has 0 saturated carbocycles. The molecule has 0 spiro atoms. The van der Waals surface area contributed by atoms with Crippen LogP contribution in [0.4, 0.5) is 15.8 Å². The number of hydrogen-bond donors (Lipinski definition) is 1. The fourth-order valence-electron chi connectivity index (χ4n) is 2.07. The molecule has 0 amide bonds. The number of nitrogens with zero attached hydrogens (tertiary/aromatic N) is 1. The SMILES string of the molecule is CNCc1cc(Br)ccc1N(C)c1ccccc1F. The molecule has 2 aromatic carbocycles. The predicted molar refractivity (Wildman–Crippen MR) is 81.4 cm³/mol. The smallest absolute Gasteiger partial charge is 0.146 e. The minimum Gasteiger partial charge on any atom is -0.342 e. The lowest BCUT2D eigenvalue weighted by Crippen LogP contribution is -2.16. The van der Waals surface area contributed by atoms with Gasteiger partial charge in [0, 0.05) is 23.8 Å². The molecule has 19 heavy (non-hydrogen) atoms. The largest absolute Gasteiger partial charge is 0.342 e. The van der Waals surface area contributed by atoms with Crippen LogP contribution in [0.5, 0.6) is 0 Å². The lowest BCUT2D eigenvalue weighted by molar-refractivity contribution is 0.627.